The molecule has 0 aliphatic carbocycles. The number of benzene rings is 1. The number of hydrogen-bond donors (Lipinski definition) is 2. The number of hydrogen-bond acceptors (Lipinski definition) is 8. The molecule has 132 valence electrons. The Hall–Kier alpha value is -2.61. The van der Waals surface area contributed by atoms with Crippen molar-refractivity contribution in [2.24, 2.45) is 0 Å². The number of aromatic nitrogens is 3. The van der Waals surface area contributed by atoms with E-state index in [1.165, 1.54) is 5.56 Å². The lowest BCUT2D eigenvalue weighted by Crippen LogP contribution is -2.24. The minimum atomic E-state index is 0.161. The van der Waals surface area contributed by atoms with E-state index < -0.39 is 0 Å². The molecule has 0 radical (unpaired) electrons. The standard InChI is InChI=1S/C17H22N6O2/c18-16-20-15(21-17(19)22-16)10-23-6-1-3-12(23)11-4-5-13-14(9-11)25-8-2-7-24-13/h4-5,9,12H,1-3,6-8,10H2,(H4,18,19,20,21,22)/t12-/m1/s1. The third kappa shape index (κ3) is 3.43. The molecule has 8 heteroatoms. The molecule has 2 aromatic rings. The molecule has 0 amide bonds. The molecule has 0 bridgehead atoms. The van der Waals surface area contributed by atoms with Crippen molar-refractivity contribution in [1.29, 1.82) is 0 Å². The molecular weight excluding hydrogens is 320 g/mol. The fraction of sp³-hybridized carbons (Fsp3) is 0.471. The molecule has 2 aliphatic rings. The van der Waals surface area contributed by atoms with Crippen LogP contribution in [0.1, 0.15) is 36.7 Å². The van der Waals surface area contributed by atoms with Gasteiger partial charge in [-0.25, -0.2) is 0 Å². The number of nitrogens with zero attached hydrogens (tertiary/aromatic N) is 4. The first-order valence-corrected chi connectivity index (χ1v) is 8.58. The predicted octanol–water partition coefficient (Wildman–Crippen LogP) is 1.53. The van der Waals surface area contributed by atoms with E-state index in [9.17, 15) is 0 Å². The largest absolute Gasteiger partial charge is 0.490 e. The topological polar surface area (TPSA) is 112 Å². The van der Waals surface area contributed by atoms with Gasteiger partial charge in [-0.3, -0.25) is 4.90 Å². The van der Waals surface area contributed by atoms with E-state index in [4.69, 9.17) is 20.9 Å². The third-order valence-electron chi connectivity index (χ3n) is 4.58. The first-order chi connectivity index (χ1) is 12.2. The Bertz CT molecular complexity index is 749. The third-order valence-corrected chi connectivity index (χ3v) is 4.58. The van der Waals surface area contributed by atoms with Crippen molar-refractivity contribution >= 4 is 11.9 Å². The van der Waals surface area contributed by atoms with Gasteiger partial charge >= 0.3 is 0 Å². The molecule has 1 atom stereocenters. The highest BCUT2D eigenvalue weighted by molar-refractivity contribution is 5.44. The fourth-order valence-electron chi connectivity index (χ4n) is 3.49. The quantitative estimate of drug-likeness (QED) is 0.863. The maximum Gasteiger partial charge on any atom is 0.225 e. The van der Waals surface area contributed by atoms with E-state index >= 15 is 0 Å². The lowest BCUT2D eigenvalue weighted by atomic mass is 10.0. The van der Waals surface area contributed by atoms with Crippen LogP contribution in [0.3, 0.4) is 0 Å². The number of fused-ring (bicyclic) bond motifs is 1. The van der Waals surface area contributed by atoms with Gasteiger partial charge in [0.1, 0.15) is 5.82 Å². The highest BCUT2D eigenvalue weighted by Gasteiger charge is 2.28. The van der Waals surface area contributed by atoms with Crippen LogP contribution >= 0.6 is 0 Å². The van der Waals surface area contributed by atoms with Crippen molar-refractivity contribution in [3.63, 3.8) is 0 Å². The summed E-state index contributed by atoms with van der Waals surface area (Å²) in [4.78, 5) is 14.6. The zero-order valence-electron chi connectivity index (χ0n) is 14.0. The average Bonchev–Trinajstić information content (AvgIpc) is 2.89. The van der Waals surface area contributed by atoms with Crippen molar-refractivity contribution in [2.45, 2.75) is 31.8 Å². The minimum absolute atomic E-state index is 0.161. The summed E-state index contributed by atoms with van der Waals surface area (Å²) in [7, 11) is 0. The van der Waals surface area contributed by atoms with Crippen LogP contribution in [0.2, 0.25) is 0 Å². The SMILES string of the molecule is Nc1nc(N)nc(CN2CCC[C@@H]2c2ccc3c(c2)OCCCO3)n1. The van der Waals surface area contributed by atoms with Crippen molar-refractivity contribution in [3.05, 3.63) is 29.6 Å². The smallest absolute Gasteiger partial charge is 0.225 e. The molecular formula is C17H22N6O2. The summed E-state index contributed by atoms with van der Waals surface area (Å²) in [6.07, 6.45) is 3.10. The fourth-order valence-corrected chi connectivity index (χ4v) is 3.49. The lowest BCUT2D eigenvalue weighted by Gasteiger charge is -2.24. The van der Waals surface area contributed by atoms with Gasteiger partial charge in [-0.2, -0.15) is 15.0 Å². The van der Waals surface area contributed by atoms with Crippen LogP contribution in [0, 0.1) is 0 Å². The zero-order valence-corrected chi connectivity index (χ0v) is 14.0. The molecule has 0 unspecified atom stereocenters. The second kappa shape index (κ2) is 6.72. The van der Waals surface area contributed by atoms with Crippen LogP contribution in [0.5, 0.6) is 11.5 Å². The average molecular weight is 342 g/mol. The zero-order chi connectivity index (χ0) is 17.2. The molecule has 1 aromatic carbocycles. The Morgan fingerprint density at radius 2 is 1.76 bits per heavy atom. The Balaban J connectivity index is 1.56. The van der Waals surface area contributed by atoms with Gasteiger partial charge in [0.25, 0.3) is 0 Å². The van der Waals surface area contributed by atoms with Crippen LogP contribution in [0.4, 0.5) is 11.9 Å². The van der Waals surface area contributed by atoms with Gasteiger partial charge in [0, 0.05) is 12.5 Å². The van der Waals surface area contributed by atoms with Gasteiger partial charge in [0.2, 0.25) is 11.9 Å². The number of nitrogens with two attached hydrogens (primary N) is 2. The summed E-state index contributed by atoms with van der Waals surface area (Å²) in [6.45, 7) is 2.96. The van der Waals surface area contributed by atoms with E-state index in [2.05, 4.69) is 32.0 Å². The second-order valence-electron chi connectivity index (χ2n) is 6.35. The first kappa shape index (κ1) is 15.9. The van der Waals surface area contributed by atoms with Gasteiger partial charge in [0.05, 0.1) is 19.8 Å². The van der Waals surface area contributed by atoms with Crippen LogP contribution < -0.4 is 20.9 Å². The van der Waals surface area contributed by atoms with Crippen LogP contribution in [0.25, 0.3) is 0 Å². The molecule has 3 heterocycles. The van der Waals surface area contributed by atoms with Gasteiger partial charge in [-0.1, -0.05) is 6.07 Å². The monoisotopic (exact) mass is 342 g/mol. The molecule has 25 heavy (non-hydrogen) atoms. The van der Waals surface area contributed by atoms with Gasteiger partial charge in [-0.05, 0) is 37.1 Å². The molecule has 0 saturated carbocycles. The summed E-state index contributed by atoms with van der Waals surface area (Å²) in [5.74, 6) is 2.58. The highest BCUT2D eigenvalue weighted by Crippen LogP contribution is 2.38. The van der Waals surface area contributed by atoms with E-state index in [1.54, 1.807) is 0 Å². The Morgan fingerprint density at radius 1 is 1.00 bits per heavy atom. The van der Waals surface area contributed by atoms with Crippen LogP contribution in [-0.4, -0.2) is 39.6 Å². The molecule has 4 N–H and O–H groups in total. The molecule has 2 aliphatic heterocycles. The predicted molar refractivity (Wildman–Crippen MR) is 93.1 cm³/mol. The summed E-state index contributed by atoms with van der Waals surface area (Å²) in [5, 5.41) is 0. The maximum absolute atomic E-state index is 5.82. The number of rotatable bonds is 3. The second-order valence-corrected chi connectivity index (χ2v) is 6.35. The van der Waals surface area contributed by atoms with E-state index in [-0.39, 0.29) is 17.9 Å². The Labute approximate surface area is 146 Å². The highest BCUT2D eigenvalue weighted by atomic mass is 16.5. The minimum Gasteiger partial charge on any atom is -0.490 e. The number of nitrogen functional groups attached to an aromatic ring is 2. The molecule has 1 fully saturated rings. The molecule has 8 nitrogen and oxygen atoms in total. The van der Waals surface area contributed by atoms with Crippen LogP contribution in [-0.2, 0) is 6.54 Å². The maximum atomic E-state index is 5.82. The first-order valence-electron chi connectivity index (χ1n) is 8.58. The number of ether oxygens (including phenoxy) is 2. The summed E-state index contributed by atoms with van der Waals surface area (Å²) in [5.41, 5.74) is 12.6. The number of anilines is 2. The molecule has 1 aromatic heterocycles. The lowest BCUT2D eigenvalue weighted by molar-refractivity contribution is 0.241. The van der Waals surface area contributed by atoms with E-state index in [0.29, 0.717) is 25.6 Å². The van der Waals surface area contributed by atoms with Crippen molar-refractivity contribution in [2.75, 3.05) is 31.2 Å². The summed E-state index contributed by atoms with van der Waals surface area (Å²) >= 11 is 0. The van der Waals surface area contributed by atoms with Gasteiger partial charge in [0.15, 0.2) is 11.5 Å². The summed E-state index contributed by atoms with van der Waals surface area (Å²) < 4.78 is 11.5. The van der Waals surface area contributed by atoms with Gasteiger partial charge < -0.3 is 20.9 Å². The van der Waals surface area contributed by atoms with Crippen molar-refractivity contribution < 1.29 is 9.47 Å². The normalized spacial score (nSPS) is 20.4. The van der Waals surface area contributed by atoms with E-state index in [1.807, 2.05) is 6.07 Å². The molecule has 1 saturated heterocycles. The van der Waals surface area contributed by atoms with Crippen LogP contribution in [0.15, 0.2) is 18.2 Å². The molecule has 0 spiro atoms. The van der Waals surface area contributed by atoms with Crippen molar-refractivity contribution in [3.8, 4) is 11.5 Å². The number of likely N-dealkylation sites (tertiary alicyclic amines) is 1. The Kier molecular flexibility index (Phi) is 4.27. The Morgan fingerprint density at radius 3 is 2.56 bits per heavy atom. The molecule has 4 rings (SSSR count). The van der Waals surface area contributed by atoms with Crippen molar-refractivity contribution in [1.82, 2.24) is 19.9 Å². The van der Waals surface area contributed by atoms with E-state index in [0.717, 1.165) is 37.3 Å². The van der Waals surface area contributed by atoms with Gasteiger partial charge in [-0.15, -0.1) is 0 Å². The summed E-state index contributed by atoms with van der Waals surface area (Å²) in [6, 6.07) is 6.51.